The molecule has 2 heterocycles. The van der Waals surface area contributed by atoms with Gasteiger partial charge in [0, 0.05) is 25.2 Å². The van der Waals surface area contributed by atoms with E-state index in [1.165, 1.54) is 0 Å². The summed E-state index contributed by atoms with van der Waals surface area (Å²) >= 11 is 0. The van der Waals surface area contributed by atoms with Gasteiger partial charge in [0.2, 0.25) is 10.0 Å². The molecule has 0 aliphatic carbocycles. The van der Waals surface area contributed by atoms with Gasteiger partial charge in [-0.05, 0) is 65.9 Å². The minimum Gasteiger partial charge on any atom is -0.497 e. The first-order chi connectivity index (χ1) is 16.4. The molecule has 2 aliphatic rings. The van der Waals surface area contributed by atoms with Crippen molar-refractivity contribution in [2.75, 3.05) is 32.2 Å². The summed E-state index contributed by atoms with van der Waals surface area (Å²) in [5, 5.41) is 10.2. The van der Waals surface area contributed by atoms with Gasteiger partial charge >= 0.3 is 0 Å². The fourth-order valence-corrected chi connectivity index (χ4v) is 7.51. The third-order valence-electron chi connectivity index (χ3n) is 7.41. The number of hydrogen-bond acceptors (Lipinski definition) is 5. The first-order valence-electron chi connectivity index (χ1n) is 11.6. The van der Waals surface area contributed by atoms with Crippen molar-refractivity contribution in [2.24, 2.45) is 5.92 Å². The van der Waals surface area contributed by atoms with Crippen molar-refractivity contribution in [3.63, 3.8) is 0 Å². The first-order valence-corrected chi connectivity index (χ1v) is 13.0. The summed E-state index contributed by atoms with van der Waals surface area (Å²) in [5.41, 5.74) is 4.75. The summed E-state index contributed by atoms with van der Waals surface area (Å²) < 4.78 is 34.7. The van der Waals surface area contributed by atoms with Gasteiger partial charge in [-0.2, -0.15) is 4.31 Å². The summed E-state index contributed by atoms with van der Waals surface area (Å²) in [4.78, 5) is 2.46. The highest BCUT2D eigenvalue weighted by atomic mass is 32.2. The summed E-state index contributed by atoms with van der Waals surface area (Å²) in [6.45, 7) is 2.25. The Morgan fingerprint density at radius 2 is 1.74 bits per heavy atom. The summed E-state index contributed by atoms with van der Waals surface area (Å²) in [5.74, 6) is 0.797. The number of aliphatic hydroxyl groups is 1. The number of likely N-dealkylation sites (N-methyl/N-ethyl adjacent to an activating group) is 1. The van der Waals surface area contributed by atoms with E-state index in [1.807, 2.05) is 56.4 Å². The molecule has 0 saturated carbocycles. The number of anilines is 1. The van der Waals surface area contributed by atoms with E-state index in [9.17, 15) is 13.5 Å². The molecule has 3 atom stereocenters. The van der Waals surface area contributed by atoms with Crippen LogP contribution in [0.2, 0.25) is 0 Å². The number of aliphatic hydroxyl groups excluding tert-OH is 1. The second-order valence-corrected chi connectivity index (χ2v) is 11.0. The van der Waals surface area contributed by atoms with Crippen LogP contribution in [-0.2, 0) is 10.0 Å². The fourth-order valence-electron chi connectivity index (χ4n) is 5.62. The molecule has 1 fully saturated rings. The molecular formula is C27H30N2O4S. The van der Waals surface area contributed by atoms with Gasteiger partial charge in [-0.25, -0.2) is 8.42 Å². The predicted octanol–water partition coefficient (Wildman–Crippen LogP) is 4.23. The van der Waals surface area contributed by atoms with Crippen molar-refractivity contribution < 1.29 is 18.3 Å². The quantitative estimate of drug-likeness (QED) is 0.594. The van der Waals surface area contributed by atoms with Crippen LogP contribution in [0.3, 0.4) is 0 Å². The average Bonchev–Trinajstić information content (AvgIpc) is 3.30. The Balaban J connectivity index is 1.64. The molecule has 0 bridgehead atoms. The Morgan fingerprint density at radius 3 is 2.41 bits per heavy atom. The van der Waals surface area contributed by atoms with Gasteiger partial charge in [0.25, 0.3) is 0 Å². The number of hydrogen-bond donors (Lipinski definition) is 1. The van der Waals surface area contributed by atoms with Crippen LogP contribution in [0.1, 0.15) is 23.6 Å². The lowest BCUT2D eigenvalue weighted by Gasteiger charge is -2.44. The lowest BCUT2D eigenvalue weighted by atomic mass is 9.81. The molecule has 178 valence electrons. The lowest BCUT2D eigenvalue weighted by molar-refractivity contribution is 0.193. The van der Waals surface area contributed by atoms with Gasteiger partial charge < -0.3 is 14.7 Å². The molecule has 1 saturated heterocycles. The molecule has 0 radical (unpaired) electrons. The topological polar surface area (TPSA) is 70.1 Å². The Morgan fingerprint density at radius 1 is 1.03 bits per heavy atom. The number of ether oxygens (including phenoxy) is 1. The van der Waals surface area contributed by atoms with E-state index < -0.39 is 10.0 Å². The summed E-state index contributed by atoms with van der Waals surface area (Å²) in [7, 11) is -0.0700. The molecule has 6 nitrogen and oxygen atoms in total. The Hall–Kier alpha value is -2.87. The molecule has 0 amide bonds. The highest BCUT2D eigenvalue weighted by Crippen LogP contribution is 2.51. The number of sulfonamides is 1. The largest absolute Gasteiger partial charge is 0.497 e. The average molecular weight is 479 g/mol. The standard InChI is InChI=1S/C27H30N2O4S/c1-18-6-4-5-7-26(18)34(31,32)29-15-14-22-25(17-30)28(2)24-13-10-20(16-23(24)27(22)29)19-8-11-21(33-3)12-9-19/h4-13,16,22,25,27,30H,14-15,17H2,1-3H3/t22-,25+,27-/m0/s1. The third-order valence-corrected chi connectivity index (χ3v) is 9.45. The molecule has 3 aromatic rings. The number of rotatable bonds is 5. The van der Waals surface area contributed by atoms with Crippen LogP contribution in [0.15, 0.2) is 71.6 Å². The predicted molar refractivity (Wildman–Crippen MR) is 134 cm³/mol. The number of benzene rings is 3. The molecule has 1 N–H and O–H groups in total. The maximum atomic E-state index is 13.9. The SMILES string of the molecule is COc1ccc(-c2ccc3c(c2)[C@@H]2[C@@H](CCN2S(=O)(=O)c2ccccc2C)[C@@H](CO)N3C)cc1. The van der Waals surface area contributed by atoms with E-state index in [0.29, 0.717) is 17.9 Å². The second-order valence-electron chi connectivity index (χ2n) is 9.14. The molecule has 0 unspecified atom stereocenters. The second kappa shape index (κ2) is 8.73. The molecule has 2 aliphatic heterocycles. The maximum absolute atomic E-state index is 13.9. The Labute approximate surface area is 201 Å². The van der Waals surface area contributed by atoms with E-state index in [4.69, 9.17) is 4.74 Å². The third kappa shape index (κ3) is 3.59. The number of methoxy groups -OCH3 is 1. The van der Waals surface area contributed by atoms with Crippen LogP contribution < -0.4 is 9.64 Å². The van der Waals surface area contributed by atoms with Gasteiger partial charge in [0.05, 0.1) is 30.7 Å². The molecule has 0 aromatic heterocycles. The van der Waals surface area contributed by atoms with E-state index in [1.54, 1.807) is 23.5 Å². The van der Waals surface area contributed by atoms with Crippen molar-refractivity contribution in [1.29, 1.82) is 0 Å². The van der Waals surface area contributed by atoms with Crippen LogP contribution in [0.25, 0.3) is 11.1 Å². The summed E-state index contributed by atoms with van der Waals surface area (Å²) in [6.07, 6.45) is 0.706. The zero-order chi connectivity index (χ0) is 24.0. The van der Waals surface area contributed by atoms with Crippen LogP contribution in [-0.4, -0.2) is 51.2 Å². The van der Waals surface area contributed by atoms with E-state index in [0.717, 1.165) is 33.7 Å². The number of nitrogens with zero attached hydrogens (tertiary/aromatic N) is 2. The highest BCUT2D eigenvalue weighted by Gasteiger charge is 2.50. The van der Waals surface area contributed by atoms with Crippen LogP contribution >= 0.6 is 0 Å². The number of aryl methyl sites for hydroxylation is 1. The van der Waals surface area contributed by atoms with Crippen LogP contribution in [0.4, 0.5) is 5.69 Å². The maximum Gasteiger partial charge on any atom is 0.243 e. The molecule has 7 heteroatoms. The van der Waals surface area contributed by atoms with Gasteiger partial charge in [-0.3, -0.25) is 0 Å². The van der Waals surface area contributed by atoms with Crippen molar-refractivity contribution >= 4 is 15.7 Å². The zero-order valence-electron chi connectivity index (χ0n) is 19.7. The van der Waals surface area contributed by atoms with Crippen molar-refractivity contribution in [3.05, 3.63) is 77.9 Å². The zero-order valence-corrected chi connectivity index (χ0v) is 20.5. The Kier molecular flexibility index (Phi) is 5.88. The fraction of sp³-hybridized carbons (Fsp3) is 0.333. The molecule has 34 heavy (non-hydrogen) atoms. The van der Waals surface area contributed by atoms with E-state index in [2.05, 4.69) is 17.0 Å². The first kappa shape index (κ1) is 22.9. The summed E-state index contributed by atoms with van der Waals surface area (Å²) in [6, 6.07) is 20.8. The minimum absolute atomic E-state index is 0.00686. The monoisotopic (exact) mass is 478 g/mol. The molecule has 3 aromatic carbocycles. The molecule has 5 rings (SSSR count). The smallest absolute Gasteiger partial charge is 0.243 e. The van der Waals surface area contributed by atoms with Gasteiger partial charge in [-0.15, -0.1) is 0 Å². The van der Waals surface area contributed by atoms with Gasteiger partial charge in [0.1, 0.15) is 5.75 Å². The van der Waals surface area contributed by atoms with Crippen molar-refractivity contribution in [1.82, 2.24) is 4.31 Å². The van der Waals surface area contributed by atoms with Crippen LogP contribution in [0, 0.1) is 12.8 Å². The molecular weight excluding hydrogens is 448 g/mol. The van der Waals surface area contributed by atoms with E-state index >= 15 is 0 Å². The molecule has 0 spiro atoms. The highest BCUT2D eigenvalue weighted by molar-refractivity contribution is 7.89. The van der Waals surface area contributed by atoms with Crippen molar-refractivity contribution in [3.8, 4) is 16.9 Å². The van der Waals surface area contributed by atoms with E-state index in [-0.39, 0.29) is 24.6 Å². The normalized spacial score (nSPS) is 22.4. The van der Waals surface area contributed by atoms with Gasteiger partial charge in [0.15, 0.2) is 0 Å². The number of fused-ring (bicyclic) bond motifs is 3. The van der Waals surface area contributed by atoms with Crippen LogP contribution in [0.5, 0.6) is 5.75 Å². The van der Waals surface area contributed by atoms with Gasteiger partial charge in [-0.1, -0.05) is 36.4 Å². The Bertz CT molecular complexity index is 1310. The van der Waals surface area contributed by atoms with Crippen molar-refractivity contribution in [2.45, 2.75) is 30.3 Å². The lowest BCUT2D eigenvalue weighted by Crippen LogP contribution is -2.48. The minimum atomic E-state index is -3.70.